The summed E-state index contributed by atoms with van der Waals surface area (Å²) in [5.74, 6) is 0.143. The van der Waals surface area contributed by atoms with E-state index >= 15 is 0 Å². The van der Waals surface area contributed by atoms with Crippen molar-refractivity contribution in [1.29, 1.82) is 0 Å². The summed E-state index contributed by atoms with van der Waals surface area (Å²) < 4.78 is 61.0. The standard InChI is InChI=1S/C21H26F4N6O/c1-12(2)30-7-6-16(14(22)10-30)27-15-4-3-5-17-13(15)8-18(31(17)11-21(23,24)25)20-28-19(9-26)32-29-20/h3-5,8,12,14,16,27H,6-7,9-11,26H2,1-2H3/t14-,16+/m0/s1. The van der Waals surface area contributed by atoms with Gasteiger partial charge in [-0.15, -0.1) is 0 Å². The van der Waals surface area contributed by atoms with E-state index in [9.17, 15) is 17.6 Å². The maximum absolute atomic E-state index is 14.9. The molecular formula is C21H26F4N6O. The number of anilines is 1. The Morgan fingerprint density at radius 1 is 1.31 bits per heavy atom. The van der Waals surface area contributed by atoms with E-state index < -0.39 is 24.9 Å². The predicted octanol–water partition coefficient (Wildman–Crippen LogP) is 3.95. The van der Waals surface area contributed by atoms with E-state index in [1.165, 1.54) is 0 Å². The highest BCUT2D eigenvalue weighted by Crippen LogP contribution is 2.35. The molecule has 3 N–H and O–H groups in total. The third-order valence-corrected chi connectivity index (χ3v) is 5.80. The highest BCUT2D eigenvalue weighted by Gasteiger charge is 2.33. The normalized spacial score (nSPS) is 20.4. The van der Waals surface area contributed by atoms with Crippen molar-refractivity contribution in [1.82, 2.24) is 19.6 Å². The van der Waals surface area contributed by atoms with Gasteiger partial charge in [-0.2, -0.15) is 18.2 Å². The lowest BCUT2D eigenvalue weighted by Gasteiger charge is -2.37. The molecule has 3 heterocycles. The first-order valence-corrected chi connectivity index (χ1v) is 10.5. The predicted molar refractivity (Wildman–Crippen MR) is 113 cm³/mol. The van der Waals surface area contributed by atoms with Crippen LogP contribution in [0.4, 0.5) is 23.2 Å². The second kappa shape index (κ2) is 8.70. The molecular weight excluding hydrogens is 428 g/mol. The molecule has 0 unspecified atom stereocenters. The van der Waals surface area contributed by atoms with E-state index in [4.69, 9.17) is 10.3 Å². The van der Waals surface area contributed by atoms with E-state index in [2.05, 4.69) is 20.4 Å². The summed E-state index contributed by atoms with van der Waals surface area (Å²) in [6.07, 6.45) is -4.96. The number of nitrogens with one attached hydrogen (secondary N) is 1. The van der Waals surface area contributed by atoms with Gasteiger partial charge in [0.1, 0.15) is 12.7 Å². The summed E-state index contributed by atoms with van der Waals surface area (Å²) in [7, 11) is 0. The number of likely N-dealkylation sites (tertiary alicyclic amines) is 1. The van der Waals surface area contributed by atoms with Crippen LogP contribution in [0.1, 0.15) is 26.2 Å². The SMILES string of the molecule is CC(C)N1CC[C@@H](Nc2cccc3c2cc(-c2noc(CN)n2)n3CC(F)(F)F)[C@@H](F)C1. The average molecular weight is 454 g/mol. The van der Waals surface area contributed by atoms with Gasteiger partial charge in [-0.1, -0.05) is 11.2 Å². The minimum atomic E-state index is -4.46. The topological polar surface area (TPSA) is 85.1 Å². The monoisotopic (exact) mass is 454 g/mol. The molecule has 174 valence electrons. The lowest BCUT2D eigenvalue weighted by molar-refractivity contribution is -0.139. The highest BCUT2D eigenvalue weighted by atomic mass is 19.4. The van der Waals surface area contributed by atoms with Gasteiger partial charge in [0, 0.05) is 30.2 Å². The summed E-state index contributed by atoms with van der Waals surface area (Å²) in [4.78, 5) is 6.17. The molecule has 2 atom stereocenters. The average Bonchev–Trinajstić information content (AvgIpc) is 3.33. The Hall–Kier alpha value is -2.66. The van der Waals surface area contributed by atoms with E-state index in [1.807, 2.05) is 13.8 Å². The zero-order valence-electron chi connectivity index (χ0n) is 17.9. The number of hydrogen-bond acceptors (Lipinski definition) is 6. The molecule has 1 fully saturated rings. The largest absolute Gasteiger partial charge is 0.406 e. The van der Waals surface area contributed by atoms with E-state index in [-0.39, 0.29) is 30.0 Å². The number of nitrogens with zero attached hydrogens (tertiary/aromatic N) is 4. The second-order valence-electron chi connectivity index (χ2n) is 8.33. The Labute approximate surface area is 182 Å². The molecule has 0 spiro atoms. The van der Waals surface area contributed by atoms with Crippen LogP contribution in [0.15, 0.2) is 28.8 Å². The molecule has 2 aromatic heterocycles. The fraction of sp³-hybridized carbons (Fsp3) is 0.524. The third kappa shape index (κ3) is 4.58. The van der Waals surface area contributed by atoms with Crippen LogP contribution in [0.2, 0.25) is 0 Å². The molecule has 1 aliphatic rings. The van der Waals surface area contributed by atoms with Crippen molar-refractivity contribution in [3.8, 4) is 11.5 Å². The zero-order valence-corrected chi connectivity index (χ0v) is 17.9. The number of aromatic nitrogens is 3. The molecule has 0 bridgehead atoms. The highest BCUT2D eigenvalue weighted by molar-refractivity contribution is 5.96. The molecule has 0 radical (unpaired) electrons. The van der Waals surface area contributed by atoms with Gasteiger partial charge in [-0.25, -0.2) is 4.39 Å². The number of halogens is 4. The molecule has 1 saturated heterocycles. The number of fused-ring (bicyclic) bond motifs is 1. The number of nitrogens with two attached hydrogens (primary N) is 1. The van der Waals surface area contributed by atoms with Gasteiger partial charge in [0.05, 0.1) is 23.8 Å². The second-order valence-corrected chi connectivity index (χ2v) is 8.33. The fourth-order valence-electron chi connectivity index (χ4n) is 4.15. The van der Waals surface area contributed by atoms with Crippen molar-refractivity contribution in [2.75, 3.05) is 18.4 Å². The zero-order chi connectivity index (χ0) is 23.0. The van der Waals surface area contributed by atoms with Crippen molar-refractivity contribution in [2.24, 2.45) is 5.73 Å². The van der Waals surface area contributed by atoms with Crippen LogP contribution in [0.5, 0.6) is 0 Å². The molecule has 3 aromatic rings. The van der Waals surface area contributed by atoms with Crippen molar-refractivity contribution in [3.05, 3.63) is 30.2 Å². The number of hydrogen-bond donors (Lipinski definition) is 2. The summed E-state index contributed by atoms with van der Waals surface area (Å²) >= 11 is 0. The number of rotatable bonds is 6. The van der Waals surface area contributed by atoms with Crippen molar-refractivity contribution >= 4 is 16.6 Å². The Balaban J connectivity index is 1.71. The first-order valence-electron chi connectivity index (χ1n) is 10.5. The Morgan fingerprint density at radius 3 is 2.72 bits per heavy atom. The van der Waals surface area contributed by atoms with Crippen LogP contribution >= 0.6 is 0 Å². The quantitative estimate of drug-likeness (QED) is 0.549. The van der Waals surface area contributed by atoms with Gasteiger partial charge in [-0.3, -0.25) is 4.90 Å². The Morgan fingerprint density at radius 2 is 2.09 bits per heavy atom. The molecule has 1 aliphatic heterocycles. The fourth-order valence-corrected chi connectivity index (χ4v) is 4.15. The van der Waals surface area contributed by atoms with Crippen LogP contribution < -0.4 is 11.1 Å². The first-order chi connectivity index (χ1) is 15.2. The summed E-state index contributed by atoms with van der Waals surface area (Å²) in [6.45, 7) is 3.87. The van der Waals surface area contributed by atoms with E-state index in [1.54, 1.807) is 24.3 Å². The maximum Gasteiger partial charge on any atom is 0.406 e. The Kier molecular flexibility index (Phi) is 6.13. The van der Waals surface area contributed by atoms with Crippen molar-refractivity contribution in [3.63, 3.8) is 0 Å². The van der Waals surface area contributed by atoms with Gasteiger partial charge < -0.3 is 20.1 Å². The molecule has 0 amide bonds. The van der Waals surface area contributed by atoms with E-state index in [0.717, 1.165) is 11.1 Å². The van der Waals surface area contributed by atoms with Crippen molar-refractivity contribution in [2.45, 2.75) is 57.8 Å². The molecule has 7 nitrogen and oxygen atoms in total. The lowest BCUT2D eigenvalue weighted by atomic mass is 10.0. The van der Waals surface area contributed by atoms with E-state index in [0.29, 0.717) is 29.6 Å². The van der Waals surface area contributed by atoms with Crippen molar-refractivity contribution < 1.29 is 22.1 Å². The minimum absolute atomic E-state index is 0.0189. The van der Waals surface area contributed by atoms with Crippen LogP contribution in [0.25, 0.3) is 22.4 Å². The van der Waals surface area contributed by atoms with Gasteiger partial charge in [-0.05, 0) is 38.5 Å². The van der Waals surface area contributed by atoms with Crippen LogP contribution in [-0.4, -0.2) is 57.1 Å². The molecule has 11 heteroatoms. The Bertz CT molecular complexity index is 1080. The molecule has 4 rings (SSSR count). The number of benzene rings is 1. The smallest absolute Gasteiger partial charge is 0.379 e. The van der Waals surface area contributed by atoms with Crippen LogP contribution in [-0.2, 0) is 13.1 Å². The summed E-state index contributed by atoms with van der Waals surface area (Å²) in [5, 5.41) is 7.54. The van der Waals surface area contributed by atoms with Gasteiger partial charge in [0.25, 0.3) is 0 Å². The summed E-state index contributed by atoms with van der Waals surface area (Å²) in [5.41, 5.74) is 6.56. The molecule has 1 aromatic carbocycles. The molecule has 32 heavy (non-hydrogen) atoms. The van der Waals surface area contributed by atoms with Gasteiger partial charge in [0.2, 0.25) is 11.7 Å². The minimum Gasteiger partial charge on any atom is -0.379 e. The lowest BCUT2D eigenvalue weighted by Crippen LogP contribution is -2.50. The molecule has 0 saturated carbocycles. The number of piperidine rings is 1. The van der Waals surface area contributed by atoms with Gasteiger partial charge in [0.15, 0.2) is 0 Å². The van der Waals surface area contributed by atoms with Crippen LogP contribution in [0, 0.1) is 0 Å². The van der Waals surface area contributed by atoms with Gasteiger partial charge >= 0.3 is 6.18 Å². The van der Waals surface area contributed by atoms with Crippen LogP contribution in [0.3, 0.4) is 0 Å². The number of alkyl halides is 4. The third-order valence-electron chi connectivity index (χ3n) is 5.80. The maximum atomic E-state index is 14.9. The first kappa shape index (κ1) is 22.5. The molecule has 0 aliphatic carbocycles. The summed E-state index contributed by atoms with van der Waals surface area (Å²) in [6, 6.07) is 6.38.